The number of piperazine rings is 1. The van der Waals surface area contributed by atoms with Crippen LogP contribution in [0.3, 0.4) is 0 Å². The summed E-state index contributed by atoms with van der Waals surface area (Å²) in [6, 6.07) is 5.24. The molecule has 130 valence electrons. The van der Waals surface area contributed by atoms with Crippen molar-refractivity contribution in [3.05, 3.63) is 23.8 Å². The standard InChI is InChI=1S/C17H23N3O4/c1-2-18-17(22)20-8-6-19(7-9-20)16(21)13-4-5-14-15(12-13)24-11-3-10-23-14/h4-5,12H,2-3,6-11H2,1H3,(H,18,22). The van der Waals surface area contributed by atoms with Crippen LogP contribution in [0.4, 0.5) is 4.79 Å². The molecular formula is C17H23N3O4. The van der Waals surface area contributed by atoms with Crippen molar-refractivity contribution in [1.82, 2.24) is 15.1 Å². The van der Waals surface area contributed by atoms with Gasteiger partial charge in [-0.15, -0.1) is 0 Å². The van der Waals surface area contributed by atoms with Crippen molar-refractivity contribution in [2.75, 3.05) is 45.9 Å². The second-order valence-electron chi connectivity index (χ2n) is 5.83. The van der Waals surface area contributed by atoms with Gasteiger partial charge in [-0.2, -0.15) is 0 Å². The topological polar surface area (TPSA) is 71.1 Å². The van der Waals surface area contributed by atoms with E-state index in [0.29, 0.717) is 63.0 Å². The first-order valence-electron chi connectivity index (χ1n) is 8.40. The number of carbonyl (C=O) groups is 2. The fourth-order valence-electron chi connectivity index (χ4n) is 2.85. The first-order chi connectivity index (χ1) is 11.7. The number of urea groups is 1. The van der Waals surface area contributed by atoms with Crippen molar-refractivity contribution in [2.45, 2.75) is 13.3 Å². The third-order valence-corrected chi connectivity index (χ3v) is 4.18. The van der Waals surface area contributed by atoms with Crippen LogP contribution in [-0.4, -0.2) is 67.7 Å². The fraction of sp³-hybridized carbons (Fsp3) is 0.529. The number of ether oxygens (including phenoxy) is 2. The SMILES string of the molecule is CCNC(=O)N1CCN(C(=O)c2ccc3c(c2)OCCCO3)CC1. The summed E-state index contributed by atoms with van der Waals surface area (Å²) < 4.78 is 11.2. The van der Waals surface area contributed by atoms with E-state index in [4.69, 9.17) is 9.47 Å². The van der Waals surface area contributed by atoms with Crippen LogP contribution in [-0.2, 0) is 0 Å². The molecule has 2 aliphatic rings. The third kappa shape index (κ3) is 3.55. The molecule has 1 N–H and O–H groups in total. The Kier molecular flexibility index (Phi) is 5.08. The molecule has 1 saturated heterocycles. The molecule has 0 unspecified atom stereocenters. The average molecular weight is 333 g/mol. The van der Waals surface area contributed by atoms with Gasteiger partial charge in [0.15, 0.2) is 11.5 Å². The van der Waals surface area contributed by atoms with E-state index >= 15 is 0 Å². The Morgan fingerprint density at radius 2 is 1.71 bits per heavy atom. The normalized spacial score (nSPS) is 17.2. The van der Waals surface area contributed by atoms with Gasteiger partial charge in [0.25, 0.3) is 5.91 Å². The minimum atomic E-state index is -0.0693. The highest BCUT2D eigenvalue weighted by Crippen LogP contribution is 2.30. The monoisotopic (exact) mass is 333 g/mol. The summed E-state index contributed by atoms with van der Waals surface area (Å²) in [5.41, 5.74) is 0.589. The van der Waals surface area contributed by atoms with Crippen molar-refractivity contribution < 1.29 is 19.1 Å². The fourth-order valence-corrected chi connectivity index (χ4v) is 2.85. The zero-order valence-corrected chi connectivity index (χ0v) is 13.9. The van der Waals surface area contributed by atoms with E-state index in [1.54, 1.807) is 28.0 Å². The van der Waals surface area contributed by atoms with Gasteiger partial charge in [-0.05, 0) is 25.1 Å². The Labute approximate surface area is 141 Å². The zero-order chi connectivity index (χ0) is 16.9. The summed E-state index contributed by atoms with van der Waals surface area (Å²) in [5.74, 6) is 1.27. The largest absolute Gasteiger partial charge is 0.490 e. The molecule has 0 saturated carbocycles. The minimum absolute atomic E-state index is 0.0406. The first kappa shape index (κ1) is 16.4. The maximum absolute atomic E-state index is 12.7. The summed E-state index contributed by atoms with van der Waals surface area (Å²) in [6.45, 7) is 5.87. The van der Waals surface area contributed by atoms with Crippen LogP contribution in [0.25, 0.3) is 0 Å². The molecule has 3 rings (SSSR count). The highest BCUT2D eigenvalue weighted by Gasteiger charge is 2.25. The van der Waals surface area contributed by atoms with Gasteiger partial charge in [0, 0.05) is 44.7 Å². The number of nitrogens with one attached hydrogen (secondary N) is 1. The quantitative estimate of drug-likeness (QED) is 0.886. The van der Waals surface area contributed by atoms with E-state index in [9.17, 15) is 9.59 Å². The number of hydrogen-bond donors (Lipinski definition) is 1. The maximum atomic E-state index is 12.7. The molecule has 2 heterocycles. The number of benzene rings is 1. The van der Waals surface area contributed by atoms with Gasteiger partial charge in [-0.1, -0.05) is 0 Å². The van der Waals surface area contributed by atoms with Crippen LogP contribution in [0.2, 0.25) is 0 Å². The van der Waals surface area contributed by atoms with Crippen LogP contribution >= 0.6 is 0 Å². The van der Waals surface area contributed by atoms with E-state index < -0.39 is 0 Å². The molecule has 0 spiro atoms. The van der Waals surface area contributed by atoms with Crippen molar-refractivity contribution in [3.63, 3.8) is 0 Å². The lowest BCUT2D eigenvalue weighted by atomic mass is 10.1. The average Bonchev–Trinajstić information content (AvgIpc) is 2.86. The number of fused-ring (bicyclic) bond motifs is 1. The van der Waals surface area contributed by atoms with Gasteiger partial charge in [0.2, 0.25) is 0 Å². The summed E-state index contributed by atoms with van der Waals surface area (Å²) >= 11 is 0. The summed E-state index contributed by atoms with van der Waals surface area (Å²) in [6.07, 6.45) is 0.833. The van der Waals surface area contributed by atoms with Gasteiger partial charge in [0.1, 0.15) is 0 Å². The predicted octanol–water partition coefficient (Wildman–Crippen LogP) is 1.34. The molecule has 7 nitrogen and oxygen atoms in total. The number of carbonyl (C=O) groups excluding carboxylic acids is 2. The van der Waals surface area contributed by atoms with Gasteiger partial charge in [-0.3, -0.25) is 4.79 Å². The van der Waals surface area contributed by atoms with Gasteiger partial charge >= 0.3 is 6.03 Å². The summed E-state index contributed by atoms with van der Waals surface area (Å²) in [4.78, 5) is 28.0. The van der Waals surface area contributed by atoms with Crippen LogP contribution in [0.5, 0.6) is 11.5 Å². The second kappa shape index (κ2) is 7.42. The molecule has 0 aromatic heterocycles. The third-order valence-electron chi connectivity index (χ3n) is 4.18. The molecule has 1 fully saturated rings. The first-order valence-corrected chi connectivity index (χ1v) is 8.40. The second-order valence-corrected chi connectivity index (χ2v) is 5.83. The molecule has 0 radical (unpaired) electrons. The van der Waals surface area contributed by atoms with E-state index in [0.717, 1.165) is 6.42 Å². The Morgan fingerprint density at radius 1 is 1.04 bits per heavy atom. The zero-order valence-electron chi connectivity index (χ0n) is 13.9. The number of rotatable bonds is 2. The lowest BCUT2D eigenvalue weighted by Crippen LogP contribution is -2.53. The Morgan fingerprint density at radius 3 is 2.42 bits per heavy atom. The number of hydrogen-bond acceptors (Lipinski definition) is 4. The minimum Gasteiger partial charge on any atom is -0.490 e. The molecule has 24 heavy (non-hydrogen) atoms. The van der Waals surface area contributed by atoms with E-state index in [1.165, 1.54) is 0 Å². The van der Waals surface area contributed by atoms with E-state index in [-0.39, 0.29) is 11.9 Å². The molecular weight excluding hydrogens is 310 g/mol. The molecule has 2 aliphatic heterocycles. The molecule has 7 heteroatoms. The molecule has 0 aliphatic carbocycles. The summed E-state index contributed by atoms with van der Waals surface area (Å²) in [5, 5.41) is 2.78. The van der Waals surface area contributed by atoms with Crippen LogP contribution in [0.15, 0.2) is 18.2 Å². The van der Waals surface area contributed by atoms with Gasteiger partial charge in [-0.25, -0.2) is 4.79 Å². The van der Waals surface area contributed by atoms with Gasteiger partial charge < -0.3 is 24.6 Å². The van der Waals surface area contributed by atoms with Crippen molar-refractivity contribution in [2.24, 2.45) is 0 Å². The molecule has 3 amide bonds. The van der Waals surface area contributed by atoms with Crippen molar-refractivity contribution in [1.29, 1.82) is 0 Å². The highest BCUT2D eigenvalue weighted by molar-refractivity contribution is 5.95. The van der Waals surface area contributed by atoms with Crippen LogP contribution in [0.1, 0.15) is 23.7 Å². The lowest BCUT2D eigenvalue weighted by molar-refractivity contribution is 0.0665. The van der Waals surface area contributed by atoms with Crippen LogP contribution in [0, 0.1) is 0 Å². The maximum Gasteiger partial charge on any atom is 0.317 e. The molecule has 0 bridgehead atoms. The summed E-state index contributed by atoms with van der Waals surface area (Å²) in [7, 11) is 0. The van der Waals surface area contributed by atoms with Gasteiger partial charge in [0.05, 0.1) is 13.2 Å². The van der Waals surface area contributed by atoms with Crippen molar-refractivity contribution in [3.8, 4) is 11.5 Å². The highest BCUT2D eigenvalue weighted by atomic mass is 16.5. The Hall–Kier alpha value is -2.44. The smallest absolute Gasteiger partial charge is 0.317 e. The molecule has 1 aromatic rings. The van der Waals surface area contributed by atoms with Crippen molar-refractivity contribution >= 4 is 11.9 Å². The van der Waals surface area contributed by atoms with E-state index in [1.807, 2.05) is 6.92 Å². The lowest BCUT2D eigenvalue weighted by Gasteiger charge is -2.34. The van der Waals surface area contributed by atoms with E-state index in [2.05, 4.69) is 5.32 Å². The Balaban J connectivity index is 1.63. The predicted molar refractivity (Wildman–Crippen MR) is 88.6 cm³/mol. The Bertz CT molecular complexity index is 612. The molecule has 1 aromatic carbocycles. The van der Waals surface area contributed by atoms with Crippen LogP contribution < -0.4 is 14.8 Å². The number of nitrogens with zero attached hydrogens (tertiary/aromatic N) is 2. The number of amides is 3. The molecule has 0 atom stereocenters.